The summed E-state index contributed by atoms with van der Waals surface area (Å²) in [6, 6.07) is 9.81. The molecule has 0 amide bonds. The van der Waals surface area contributed by atoms with Crippen LogP contribution in [-0.4, -0.2) is 37.2 Å². The van der Waals surface area contributed by atoms with Gasteiger partial charge in [-0.1, -0.05) is 18.6 Å². The number of nitrogens with one attached hydrogen (secondary N) is 1. The van der Waals surface area contributed by atoms with Gasteiger partial charge in [-0.2, -0.15) is 0 Å². The zero-order valence-electron chi connectivity index (χ0n) is 11.8. The number of rotatable bonds is 4. The van der Waals surface area contributed by atoms with Gasteiger partial charge in [0.25, 0.3) is 0 Å². The predicted molar refractivity (Wildman–Crippen MR) is 77.5 cm³/mol. The van der Waals surface area contributed by atoms with Crippen molar-refractivity contribution in [2.24, 2.45) is 0 Å². The van der Waals surface area contributed by atoms with Crippen molar-refractivity contribution in [3.05, 3.63) is 29.8 Å². The molecule has 2 atom stereocenters. The summed E-state index contributed by atoms with van der Waals surface area (Å²) in [5.41, 5.74) is 1.31. The summed E-state index contributed by atoms with van der Waals surface area (Å²) in [6.07, 6.45) is 5.46. The monoisotopic (exact) mass is 260 g/mol. The fourth-order valence-corrected chi connectivity index (χ4v) is 3.52. The Labute approximate surface area is 115 Å². The molecule has 0 aromatic heterocycles. The topological polar surface area (TPSA) is 24.5 Å². The van der Waals surface area contributed by atoms with Crippen LogP contribution in [0.1, 0.15) is 31.2 Å². The van der Waals surface area contributed by atoms with Crippen molar-refractivity contribution in [1.82, 2.24) is 10.2 Å². The molecule has 2 aliphatic rings. The van der Waals surface area contributed by atoms with E-state index in [1.807, 2.05) is 6.07 Å². The molecular formula is C16H24N2O. The second-order valence-corrected chi connectivity index (χ2v) is 5.73. The van der Waals surface area contributed by atoms with Crippen LogP contribution in [0.5, 0.6) is 5.75 Å². The number of methoxy groups -OCH3 is 1. The van der Waals surface area contributed by atoms with E-state index in [-0.39, 0.29) is 0 Å². The quantitative estimate of drug-likeness (QED) is 0.900. The number of hydrogen-bond acceptors (Lipinski definition) is 3. The highest BCUT2D eigenvalue weighted by molar-refractivity contribution is 5.28. The first-order valence-corrected chi connectivity index (χ1v) is 7.47. The molecule has 1 aromatic rings. The van der Waals surface area contributed by atoms with E-state index in [1.54, 1.807) is 7.11 Å². The Morgan fingerprint density at radius 3 is 3.11 bits per heavy atom. The van der Waals surface area contributed by atoms with E-state index in [9.17, 15) is 0 Å². The second kappa shape index (κ2) is 5.93. The second-order valence-electron chi connectivity index (χ2n) is 5.73. The number of benzene rings is 1. The normalized spacial score (nSPS) is 27.2. The SMILES string of the molecule is COc1cccc(CNC2CCN3CCCCC23)c1. The zero-order chi connectivity index (χ0) is 13.1. The predicted octanol–water partition coefficient (Wildman–Crippen LogP) is 2.41. The van der Waals surface area contributed by atoms with Crippen LogP contribution in [0.25, 0.3) is 0 Å². The summed E-state index contributed by atoms with van der Waals surface area (Å²) in [4.78, 5) is 2.67. The van der Waals surface area contributed by atoms with E-state index >= 15 is 0 Å². The summed E-state index contributed by atoms with van der Waals surface area (Å²) in [5, 5.41) is 3.75. The summed E-state index contributed by atoms with van der Waals surface area (Å²) < 4.78 is 5.28. The van der Waals surface area contributed by atoms with Gasteiger partial charge >= 0.3 is 0 Å². The molecule has 3 rings (SSSR count). The van der Waals surface area contributed by atoms with Gasteiger partial charge in [-0.15, -0.1) is 0 Å². The van der Waals surface area contributed by atoms with Crippen molar-refractivity contribution in [1.29, 1.82) is 0 Å². The maximum atomic E-state index is 5.28. The van der Waals surface area contributed by atoms with Crippen LogP contribution in [0.15, 0.2) is 24.3 Å². The Bertz CT molecular complexity index is 421. The minimum Gasteiger partial charge on any atom is -0.497 e. The highest BCUT2D eigenvalue weighted by Gasteiger charge is 2.34. The van der Waals surface area contributed by atoms with E-state index in [0.29, 0.717) is 6.04 Å². The lowest BCUT2D eigenvalue weighted by atomic mass is 9.99. The number of fused-ring (bicyclic) bond motifs is 1. The molecule has 0 spiro atoms. The van der Waals surface area contributed by atoms with Crippen LogP contribution in [0, 0.1) is 0 Å². The first-order chi connectivity index (χ1) is 9.36. The number of piperidine rings is 1. The molecule has 0 radical (unpaired) electrons. The summed E-state index contributed by atoms with van der Waals surface area (Å²) in [5.74, 6) is 0.949. The maximum absolute atomic E-state index is 5.28. The Morgan fingerprint density at radius 2 is 2.21 bits per heavy atom. The molecular weight excluding hydrogens is 236 g/mol. The van der Waals surface area contributed by atoms with Gasteiger partial charge in [0.2, 0.25) is 0 Å². The van der Waals surface area contributed by atoms with E-state index in [1.165, 1.54) is 44.3 Å². The average molecular weight is 260 g/mol. The van der Waals surface area contributed by atoms with Crippen molar-refractivity contribution in [2.75, 3.05) is 20.2 Å². The lowest BCUT2D eigenvalue weighted by molar-refractivity contribution is 0.180. The van der Waals surface area contributed by atoms with Crippen LogP contribution in [0.3, 0.4) is 0 Å². The van der Waals surface area contributed by atoms with Crippen molar-refractivity contribution in [3.63, 3.8) is 0 Å². The van der Waals surface area contributed by atoms with Crippen molar-refractivity contribution >= 4 is 0 Å². The maximum Gasteiger partial charge on any atom is 0.119 e. The minimum absolute atomic E-state index is 0.673. The average Bonchev–Trinajstić information content (AvgIpc) is 2.89. The van der Waals surface area contributed by atoms with E-state index in [2.05, 4.69) is 28.4 Å². The Hall–Kier alpha value is -1.06. The first kappa shape index (κ1) is 12.9. The molecule has 2 heterocycles. The van der Waals surface area contributed by atoms with E-state index in [0.717, 1.165) is 18.3 Å². The van der Waals surface area contributed by atoms with Gasteiger partial charge in [0.15, 0.2) is 0 Å². The van der Waals surface area contributed by atoms with Gasteiger partial charge < -0.3 is 10.1 Å². The summed E-state index contributed by atoms with van der Waals surface area (Å²) >= 11 is 0. The standard InChI is InChI=1S/C16H24N2O/c1-19-14-6-4-5-13(11-14)12-17-15-8-10-18-9-3-2-7-16(15)18/h4-6,11,15-17H,2-3,7-10,12H2,1H3. The number of ether oxygens (including phenoxy) is 1. The van der Waals surface area contributed by atoms with Crippen LogP contribution < -0.4 is 10.1 Å². The first-order valence-electron chi connectivity index (χ1n) is 7.47. The third-order valence-electron chi connectivity index (χ3n) is 4.56. The van der Waals surface area contributed by atoms with Crippen LogP contribution in [0.2, 0.25) is 0 Å². The Balaban J connectivity index is 1.57. The van der Waals surface area contributed by atoms with E-state index < -0.39 is 0 Å². The van der Waals surface area contributed by atoms with Crippen LogP contribution >= 0.6 is 0 Å². The Morgan fingerprint density at radius 1 is 1.26 bits per heavy atom. The van der Waals surface area contributed by atoms with Gasteiger partial charge in [-0.25, -0.2) is 0 Å². The fraction of sp³-hybridized carbons (Fsp3) is 0.625. The fourth-order valence-electron chi connectivity index (χ4n) is 3.52. The van der Waals surface area contributed by atoms with Gasteiger partial charge in [-0.3, -0.25) is 4.90 Å². The van der Waals surface area contributed by atoms with Crippen molar-refractivity contribution < 1.29 is 4.74 Å². The van der Waals surface area contributed by atoms with Gasteiger partial charge in [0.1, 0.15) is 5.75 Å². The molecule has 0 aliphatic carbocycles. The molecule has 2 aliphatic heterocycles. The molecule has 3 heteroatoms. The highest BCUT2D eigenvalue weighted by atomic mass is 16.5. The van der Waals surface area contributed by atoms with Crippen LogP contribution in [-0.2, 0) is 6.54 Å². The summed E-state index contributed by atoms with van der Waals surface area (Å²) in [7, 11) is 1.73. The van der Waals surface area contributed by atoms with Gasteiger partial charge in [-0.05, 0) is 43.5 Å². The molecule has 3 nitrogen and oxygen atoms in total. The molecule has 104 valence electrons. The lowest BCUT2D eigenvalue weighted by Gasteiger charge is -2.32. The van der Waals surface area contributed by atoms with E-state index in [4.69, 9.17) is 4.74 Å². The molecule has 19 heavy (non-hydrogen) atoms. The van der Waals surface area contributed by atoms with Crippen LogP contribution in [0.4, 0.5) is 0 Å². The summed E-state index contributed by atoms with van der Waals surface area (Å²) in [6.45, 7) is 3.54. The molecule has 2 fully saturated rings. The largest absolute Gasteiger partial charge is 0.497 e. The Kier molecular flexibility index (Phi) is 4.04. The van der Waals surface area contributed by atoms with Crippen molar-refractivity contribution in [2.45, 2.75) is 44.3 Å². The molecule has 0 bridgehead atoms. The zero-order valence-corrected chi connectivity index (χ0v) is 11.8. The number of nitrogens with zero attached hydrogens (tertiary/aromatic N) is 1. The third-order valence-corrected chi connectivity index (χ3v) is 4.56. The number of hydrogen-bond donors (Lipinski definition) is 1. The van der Waals surface area contributed by atoms with Gasteiger partial charge in [0.05, 0.1) is 7.11 Å². The third kappa shape index (κ3) is 2.93. The lowest BCUT2D eigenvalue weighted by Crippen LogP contribution is -2.44. The smallest absolute Gasteiger partial charge is 0.119 e. The van der Waals surface area contributed by atoms with Gasteiger partial charge in [0, 0.05) is 25.2 Å². The molecule has 1 aromatic carbocycles. The minimum atomic E-state index is 0.673. The molecule has 1 N–H and O–H groups in total. The molecule has 2 saturated heterocycles. The highest BCUT2D eigenvalue weighted by Crippen LogP contribution is 2.27. The molecule has 2 unspecified atom stereocenters. The molecule has 0 saturated carbocycles. The van der Waals surface area contributed by atoms with Crippen molar-refractivity contribution in [3.8, 4) is 5.75 Å².